The monoisotopic (exact) mass is 264 g/mol. The summed E-state index contributed by atoms with van der Waals surface area (Å²) in [7, 11) is -3.44. The van der Waals surface area contributed by atoms with Gasteiger partial charge >= 0.3 is 0 Å². The van der Waals surface area contributed by atoms with Crippen molar-refractivity contribution < 1.29 is 18.9 Å². The van der Waals surface area contributed by atoms with Gasteiger partial charge in [-0.05, 0) is 11.8 Å². The molecule has 4 nitrogen and oxygen atoms in total. The molecule has 1 aliphatic heterocycles. The van der Waals surface area contributed by atoms with Crippen molar-refractivity contribution in [3.8, 4) is 0 Å². The maximum atomic E-state index is 12.5. The minimum atomic E-state index is -3.44. The van der Waals surface area contributed by atoms with Crippen molar-refractivity contribution in [1.82, 2.24) is 0 Å². The summed E-state index contributed by atoms with van der Waals surface area (Å²) in [5, 5.41) is 0. The minimum Gasteiger partial charge on any atom is -0.341 e. The van der Waals surface area contributed by atoms with Crippen molar-refractivity contribution >= 4 is 7.37 Å². The normalized spacial score (nSPS) is 39.3. The van der Waals surface area contributed by atoms with Gasteiger partial charge in [-0.2, -0.15) is 0 Å². The molecule has 17 heavy (non-hydrogen) atoms. The first-order valence-electron chi connectivity index (χ1n) is 6.31. The molecule has 0 aromatic rings. The zero-order valence-electron chi connectivity index (χ0n) is 11.6. The van der Waals surface area contributed by atoms with Gasteiger partial charge < -0.3 is 14.4 Å². The SMILES string of the molecule is CC(C)C1OC(C(C)C)P(=O)(O)C(C(C)C)O1. The Labute approximate surface area is 104 Å². The van der Waals surface area contributed by atoms with E-state index in [-0.39, 0.29) is 24.0 Å². The molecule has 1 rings (SSSR count). The highest BCUT2D eigenvalue weighted by molar-refractivity contribution is 7.59. The highest BCUT2D eigenvalue weighted by atomic mass is 31.2. The molecule has 0 aliphatic carbocycles. The molecule has 2 unspecified atom stereocenters. The first-order chi connectivity index (χ1) is 7.67. The standard InChI is InChI=1S/C12H25O4P/c1-7(2)10-15-11(8(3)4)17(13,14)12(16-10)9(5)6/h7-12H,1-6H3,(H,13,14). The van der Waals surface area contributed by atoms with Gasteiger partial charge in [0, 0.05) is 5.92 Å². The lowest BCUT2D eigenvalue weighted by molar-refractivity contribution is -0.219. The Morgan fingerprint density at radius 3 is 1.47 bits per heavy atom. The summed E-state index contributed by atoms with van der Waals surface area (Å²) in [6.07, 6.45) is -0.385. The van der Waals surface area contributed by atoms with Crippen LogP contribution in [0.15, 0.2) is 0 Å². The summed E-state index contributed by atoms with van der Waals surface area (Å²) in [6, 6.07) is 0. The summed E-state index contributed by atoms with van der Waals surface area (Å²) in [5.41, 5.74) is 0. The van der Waals surface area contributed by atoms with Crippen LogP contribution in [0.5, 0.6) is 0 Å². The number of ether oxygens (including phenoxy) is 2. The Kier molecular flexibility index (Phi) is 4.81. The van der Waals surface area contributed by atoms with E-state index in [0.29, 0.717) is 0 Å². The predicted octanol–water partition coefficient (Wildman–Crippen LogP) is 3.25. The Hall–Kier alpha value is 0.110. The largest absolute Gasteiger partial charge is 0.341 e. The summed E-state index contributed by atoms with van der Waals surface area (Å²) < 4.78 is 23.8. The predicted molar refractivity (Wildman–Crippen MR) is 67.9 cm³/mol. The molecule has 102 valence electrons. The van der Waals surface area contributed by atoms with E-state index in [0.717, 1.165) is 0 Å². The van der Waals surface area contributed by atoms with Crippen molar-refractivity contribution in [2.45, 2.75) is 59.5 Å². The van der Waals surface area contributed by atoms with E-state index in [1.807, 2.05) is 41.5 Å². The molecule has 1 heterocycles. The van der Waals surface area contributed by atoms with E-state index >= 15 is 0 Å². The maximum absolute atomic E-state index is 12.5. The molecule has 0 spiro atoms. The Morgan fingerprint density at radius 1 is 0.882 bits per heavy atom. The number of rotatable bonds is 3. The van der Waals surface area contributed by atoms with Crippen LogP contribution in [-0.2, 0) is 14.0 Å². The van der Waals surface area contributed by atoms with Crippen molar-refractivity contribution in [3.63, 3.8) is 0 Å². The maximum Gasteiger partial charge on any atom is 0.257 e. The Morgan fingerprint density at radius 2 is 1.24 bits per heavy atom. The van der Waals surface area contributed by atoms with Crippen LogP contribution in [-0.4, -0.2) is 22.9 Å². The van der Waals surface area contributed by atoms with Crippen LogP contribution >= 0.6 is 7.37 Å². The first-order valence-corrected chi connectivity index (χ1v) is 8.10. The molecule has 5 heteroatoms. The average Bonchev–Trinajstić information content (AvgIpc) is 2.14. The van der Waals surface area contributed by atoms with Crippen LogP contribution in [0.3, 0.4) is 0 Å². The van der Waals surface area contributed by atoms with E-state index in [2.05, 4.69) is 0 Å². The van der Waals surface area contributed by atoms with Gasteiger partial charge in [0.25, 0.3) is 7.37 Å². The van der Waals surface area contributed by atoms with Crippen molar-refractivity contribution in [3.05, 3.63) is 0 Å². The first kappa shape index (κ1) is 15.2. The fourth-order valence-corrected chi connectivity index (χ4v) is 4.70. The second-order valence-electron chi connectivity index (χ2n) is 5.83. The third-order valence-corrected chi connectivity index (χ3v) is 5.86. The van der Waals surface area contributed by atoms with Gasteiger partial charge in [0.05, 0.1) is 0 Å². The lowest BCUT2D eigenvalue weighted by Crippen LogP contribution is -2.44. The van der Waals surface area contributed by atoms with Crippen LogP contribution in [0, 0.1) is 17.8 Å². The van der Waals surface area contributed by atoms with Gasteiger partial charge in [0.1, 0.15) is 11.7 Å². The van der Waals surface area contributed by atoms with Crippen molar-refractivity contribution in [2.24, 2.45) is 17.8 Å². The van der Waals surface area contributed by atoms with E-state index in [4.69, 9.17) is 9.47 Å². The molecular formula is C12H25O4P. The van der Waals surface area contributed by atoms with Gasteiger partial charge in [-0.15, -0.1) is 0 Å². The van der Waals surface area contributed by atoms with Gasteiger partial charge in [0.2, 0.25) is 0 Å². The highest BCUT2D eigenvalue weighted by Gasteiger charge is 2.50. The van der Waals surface area contributed by atoms with Crippen LogP contribution < -0.4 is 0 Å². The topological polar surface area (TPSA) is 55.8 Å². The Bertz CT molecular complexity index is 279. The zero-order valence-corrected chi connectivity index (χ0v) is 12.5. The second-order valence-corrected chi connectivity index (χ2v) is 8.19. The lowest BCUT2D eigenvalue weighted by Gasteiger charge is -2.43. The van der Waals surface area contributed by atoms with Gasteiger partial charge in [0.15, 0.2) is 6.29 Å². The third kappa shape index (κ3) is 3.11. The van der Waals surface area contributed by atoms with E-state index < -0.39 is 19.1 Å². The fourth-order valence-electron chi connectivity index (χ4n) is 2.11. The summed E-state index contributed by atoms with van der Waals surface area (Å²) in [5.74, 6) is -1.03. The average molecular weight is 264 g/mol. The molecule has 0 bridgehead atoms. The van der Waals surface area contributed by atoms with Crippen LogP contribution in [0.4, 0.5) is 0 Å². The number of hydrogen-bond donors (Lipinski definition) is 1. The van der Waals surface area contributed by atoms with Crippen LogP contribution in [0.25, 0.3) is 0 Å². The fraction of sp³-hybridized carbons (Fsp3) is 1.00. The minimum absolute atomic E-state index is 0.0113. The van der Waals surface area contributed by atoms with Crippen molar-refractivity contribution in [2.75, 3.05) is 0 Å². The van der Waals surface area contributed by atoms with E-state index in [9.17, 15) is 9.46 Å². The molecule has 0 aromatic heterocycles. The second kappa shape index (κ2) is 5.40. The van der Waals surface area contributed by atoms with Crippen molar-refractivity contribution in [1.29, 1.82) is 0 Å². The van der Waals surface area contributed by atoms with Crippen LogP contribution in [0.1, 0.15) is 41.5 Å². The van der Waals surface area contributed by atoms with Gasteiger partial charge in [-0.25, -0.2) is 0 Å². The molecule has 0 radical (unpaired) electrons. The van der Waals surface area contributed by atoms with Crippen LogP contribution in [0.2, 0.25) is 0 Å². The van der Waals surface area contributed by atoms with E-state index in [1.165, 1.54) is 0 Å². The molecule has 1 N–H and O–H groups in total. The molecule has 1 saturated heterocycles. The molecule has 0 saturated carbocycles. The quantitative estimate of drug-likeness (QED) is 0.795. The molecule has 0 aromatic carbocycles. The van der Waals surface area contributed by atoms with E-state index in [1.54, 1.807) is 0 Å². The zero-order chi connectivity index (χ0) is 13.4. The molecule has 0 amide bonds. The molecule has 1 aliphatic rings. The molecule has 2 atom stereocenters. The number of hydrogen-bond acceptors (Lipinski definition) is 3. The summed E-state index contributed by atoms with van der Waals surface area (Å²) in [6.45, 7) is 11.6. The highest BCUT2D eigenvalue weighted by Crippen LogP contribution is 2.60. The lowest BCUT2D eigenvalue weighted by atomic mass is 10.2. The van der Waals surface area contributed by atoms with Gasteiger partial charge in [-0.3, -0.25) is 4.57 Å². The smallest absolute Gasteiger partial charge is 0.257 e. The third-order valence-electron chi connectivity index (χ3n) is 2.96. The summed E-state index contributed by atoms with van der Waals surface area (Å²) >= 11 is 0. The van der Waals surface area contributed by atoms with Gasteiger partial charge in [-0.1, -0.05) is 41.5 Å². The molecule has 1 fully saturated rings. The Balaban J connectivity index is 3.01. The summed E-state index contributed by atoms with van der Waals surface area (Å²) in [4.78, 5) is 10.2. The molecular weight excluding hydrogens is 239 g/mol.